The van der Waals surface area contributed by atoms with Gasteiger partial charge in [0, 0.05) is 5.56 Å². The van der Waals surface area contributed by atoms with Gasteiger partial charge in [-0.25, -0.2) is 0 Å². The Morgan fingerprint density at radius 2 is 1.80 bits per heavy atom. The lowest BCUT2D eigenvalue weighted by atomic mass is 10.1. The van der Waals surface area contributed by atoms with Gasteiger partial charge in [0.15, 0.2) is 0 Å². The van der Waals surface area contributed by atoms with E-state index in [1.165, 1.54) is 32.4 Å². The van der Waals surface area contributed by atoms with E-state index in [2.05, 4.69) is 10.9 Å². The molecule has 2 aromatic rings. The van der Waals surface area contributed by atoms with E-state index >= 15 is 0 Å². The van der Waals surface area contributed by atoms with Crippen LogP contribution in [0.15, 0.2) is 42.5 Å². The number of para-hydroxylation sites is 1. The summed E-state index contributed by atoms with van der Waals surface area (Å²) in [4.78, 5) is 12.1. The molecule has 0 saturated carbocycles. The smallest absolute Gasteiger partial charge is 0.418 e. The van der Waals surface area contributed by atoms with Crippen LogP contribution in [0, 0.1) is 0 Å². The third-order valence-electron chi connectivity index (χ3n) is 3.41. The SMILES string of the molecule is COc1ccc(OC)c(CC(=O)NNc2ccccc2C(F)(F)F)c1. The van der Waals surface area contributed by atoms with Crippen LogP contribution in [0.2, 0.25) is 0 Å². The van der Waals surface area contributed by atoms with Crippen molar-refractivity contribution in [3.63, 3.8) is 0 Å². The molecule has 0 saturated heterocycles. The molecule has 0 atom stereocenters. The zero-order chi connectivity index (χ0) is 18.4. The number of benzene rings is 2. The fourth-order valence-electron chi connectivity index (χ4n) is 2.21. The molecule has 0 unspecified atom stereocenters. The van der Waals surface area contributed by atoms with Gasteiger partial charge in [-0.05, 0) is 30.3 Å². The Balaban J connectivity index is 2.08. The van der Waals surface area contributed by atoms with E-state index in [-0.39, 0.29) is 12.1 Å². The molecule has 25 heavy (non-hydrogen) atoms. The monoisotopic (exact) mass is 354 g/mol. The lowest BCUT2D eigenvalue weighted by Gasteiger charge is -2.15. The molecule has 0 aliphatic rings. The van der Waals surface area contributed by atoms with Crippen molar-refractivity contribution in [3.8, 4) is 11.5 Å². The van der Waals surface area contributed by atoms with E-state index in [0.29, 0.717) is 17.1 Å². The molecule has 0 heterocycles. The second-order valence-corrected chi connectivity index (χ2v) is 5.07. The molecule has 0 fully saturated rings. The number of carbonyl (C=O) groups is 1. The van der Waals surface area contributed by atoms with E-state index < -0.39 is 17.6 Å². The second kappa shape index (κ2) is 7.78. The van der Waals surface area contributed by atoms with Gasteiger partial charge in [-0.3, -0.25) is 15.6 Å². The standard InChI is InChI=1S/C17H17F3N2O3/c1-24-12-7-8-15(25-2)11(9-12)10-16(23)22-21-14-6-4-3-5-13(14)17(18,19)20/h3-9,21H,10H2,1-2H3,(H,22,23). The molecule has 134 valence electrons. The van der Waals surface area contributed by atoms with Gasteiger partial charge in [0.2, 0.25) is 5.91 Å². The minimum absolute atomic E-state index is 0.0957. The average Bonchev–Trinajstić information content (AvgIpc) is 2.59. The van der Waals surface area contributed by atoms with Crippen LogP contribution < -0.4 is 20.3 Å². The largest absolute Gasteiger partial charge is 0.497 e. The predicted molar refractivity (Wildman–Crippen MR) is 86.5 cm³/mol. The summed E-state index contributed by atoms with van der Waals surface area (Å²) in [5.41, 5.74) is 4.02. The van der Waals surface area contributed by atoms with Crippen molar-refractivity contribution < 1.29 is 27.4 Å². The molecule has 5 nitrogen and oxygen atoms in total. The molecular weight excluding hydrogens is 337 g/mol. The molecule has 0 aromatic heterocycles. The van der Waals surface area contributed by atoms with E-state index in [1.807, 2.05) is 0 Å². The number of nitrogens with one attached hydrogen (secondary N) is 2. The molecule has 2 N–H and O–H groups in total. The van der Waals surface area contributed by atoms with Crippen LogP contribution in [-0.2, 0) is 17.4 Å². The number of halogens is 3. The Morgan fingerprint density at radius 3 is 2.44 bits per heavy atom. The van der Waals surface area contributed by atoms with Gasteiger partial charge in [0.25, 0.3) is 0 Å². The first kappa shape index (κ1) is 18.4. The highest BCUT2D eigenvalue weighted by Crippen LogP contribution is 2.34. The van der Waals surface area contributed by atoms with Crippen molar-refractivity contribution in [1.82, 2.24) is 5.43 Å². The molecule has 0 radical (unpaired) electrons. The fraction of sp³-hybridized carbons (Fsp3) is 0.235. The molecule has 1 amide bonds. The van der Waals surface area contributed by atoms with Gasteiger partial charge in [-0.15, -0.1) is 0 Å². The highest BCUT2D eigenvalue weighted by Gasteiger charge is 2.33. The number of hydrogen-bond acceptors (Lipinski definition) is 4. The van der Waals surface area contributed by atoms with E-state index in [4.69, 9.17) is 9.47 Å². The maximum Gasteiger partial charge on any atom is 0.418 e. The van der Waals surface area contributed by atoms with Crippen LogP contribution in [-0.4, -0.2) is 20.1 Å². The van der Waals surface area contributed by atoms with E-state index in [1.54, 1.807) is 18.2 Å². The average molecular weight is 354 g/mol. The maximum absolute atomic E-state index is 12.9. The molecule has 2 rings (SSSR count). The van der Waals surface area contributed by atoms with E-state index in [9.17, 15) is 18.0 Å². The molecule has 2 aromatic carbocycles. The molecule has 0 spiro atoms. The summed E-state index contributed by atoms with van der Waals surface area (Å²) in [5, 5.41) is 0. The van der Waals surface area contributed by atoms with Gasteiger partial charge in [-0.1, -0.05) is 12.1 Å². The lowest BCUT2D eigenvalue weighted by molar-refractivity contribution is -0.137. The summed E-state index contributed by atoms with van der Waals surface area (Å²) in [6.45, 7) is 0. The van der Waals surface area contributed by atoms with Crippen LogP contribution in [0.5, 0.6) is 11.5 Å². The van der Waals surface area contributed by atoms with Gasteiger partial charge in [0.1, 0.15) is 11.5 Å². The van der Waals surface area contributed by atoms with Crippen LogP contribution in [0.25, 0.3) is 0 Å². The number of amides is 1. The second-order valence-electron chi connectivity index (χ2n) is 5.07. The van der Waals surface area contributed by atoms with E-state index in [0.717, 1.165) is 6.07 Å². The highest BCUT2D eigenvalue weighted by molar-refractivity contribution is 5.81. The van der Waals surface area contributed by atoms with Crippen molar-refractivity contribution in [2.24, 2.45) is 0 Å². The minimum atomic E-state index is -4.52. The Bertz CT molecular complexity index is 748. The summed E-state index contributed by atoms with van der Waals surface area (Å²) in [7, 11) is 2.95. The van der Waals surface area contributed by atoms with Crippen molar-refractivity contribution in [1.29, 1.82) is 0 Å². The van der Waals surface area contributed by atoms with Crippen molar-refractivity contribution in [2.45, 2.75) is 12.6 Å². The summed E-state index contributed by atoms with van der Waals surface area (Å²) in [5.74, 6) is 0.495. The highest BCUT2D eigenvalue weighted by atomic mass is 19.4. The Labute approximate surface area is 142 Å². The zero-order valence-electron chi connectivity index (χ0n) is 13.6. The van der Waals surface area contributed by atoms with Gasteiger partial charge >= 0.3 is 6.18 Å². The number of methoxy groups -OCH3 is 2. The fourth-order valence-corrected chi connectivity index (χ4v) is 2.21. The summed E-state index contributed by atoms with van der Waals surface area (Å²) >= 11 is 0. The van der Waals surface area contributed by atoms with Crippen molar-refractivity contribution in [3.05, 3.63) is 53.6 Å². The van der Waals surface area contributed by atoms with Crippen LogP contribution >= 0.6 is 0 Å². The minimum Gasteiger partial charge on any atom is -0.497 e. The lowest BCUT2D eigenvalue weighted by Crippen LogP contribution is -2.31. The summed E-state index contributed by atoms with van der Waals surface area (Å²) < 4.78 is 49.0. The van der Waals surface area contributed by atoms with Crippen LogP contribution in [0.1, 0.15) is 11.1 Å². The van der Waals surface area contributed by atoms with Crippen LogP contribution in [0.4, 0.5) is 18.9 Å². The van der Waals surface area contributed by atoms with Gasteiger partial charge in [-0.2, -0.15) is 13.2 Å². The Morgan fingerprint density at radius 1 is 1.08 bits per heavy atom. The molecule has 0 aliphatic heterocycles. The number of carbonyl (C=O) groups excluding carboxylic acids is 1. The number of anilines is 1. The van der Waals surface area contributed by atoms with Crippen molar-refractivity contribution >= 4 is 11.6 Å². The third-order valence-corrected chi connectivity index (χ3v) is 3.41. The molecule has 0 bridgehead atoms. The summed E-state index contributed by atoms with van der Waals surface area (Å²) in [6.07, 6.45) is -4.62. The summed E-state index contributed by atoms with van der Waals surface area (Å²) in [6, 6.07) is 9.83. The zero-order valence-corrected chi connectivity index (χ0v) is 13.6. The Hall–Kier alpha value is -2.90. The van der Waals surface area contributed by atoms with Crippen molar-refractivity contribution in [2.75, 3.05) is 19.6 Å². The first-order valence-electron chi connectivity index (χ1n) is 7.27. The number of hydrogen-bond donors (Lipinski definition) is 2. The normalized spacial score (nSPS) is 10.9. The van der Waals surface area contributed by atoms with Gasteiger partial charge in [0.05, 0.1) is 31.9 Å². The molecule has 8 heteroatoms. The first-order chi connectivity index (χ1) is 11.8. The Kier molecular flexibility index (Phi) is 5.74. The molecular formula is C17H17F3N2O3. The quantitative estimate of drug-likeness (QED) is 0.781. The maximum atomic E-state index is 12.9. The number of ether oxygens (including phenoxy) is 2. The topological polar surface area (TPSA) is 59.6 Å². The third kappa shape index (κ3) is 4.79. The number of rotatable bonds is 6. The number of hydrazine groups is 1. The predicted octanol–water partition coefficient (Wildman–Crippen LogP) is 3.41. The number of alkyl halides is 3. The van der Waals surface area contributed by atoms with Crippen LogP contribution in [0.3, 0.4) is 0 Å². The van der Waals surface area contributed by atoms with Gasteiger partial charge < -0.3 is 9.47 Å². The first-order valence-corrected chi connectivity index (χ1v) is 7.27. The molecule has 0 aliphatic carbocycles.